The number of β-lactam (4-membered cyclic amide) rings is 1. The molecule has 0 bridgehead atoms. The number of aliphatic carboxylic acids is 1. The van der Waals surface area contributed by atoms with Crippen molar-refractivity contribution in [2.75, 3.05) is 23.5 Å². The molecule has 218 valence electrons. The monoisotopic (exact) mass is 650 g/mol. The number of aryl methyl sites for hydroxylation is 1. The van der Waals surface area contributed by atoms with Crippen LogP contribution in [0, 0.1) is 6.92 Å². The van der Waals surface area contributed by atoms with Crippen LogP contribution < -0.4 is 50.2 Å². The molecule has 5 amide bonds. The Morgan fingerprint density at radius 3 is 2.63 bits per heavy atom. The number of imide groups is 1. The Morgan fingerprint density at radius 2 is 1.98 bits per heavy atom. The number of carboxylic acids is 1. The third-order valence-corrected chi connectivity index (χ3v) is 9.80. The van der Waals surface area contributed by atoms with Gasteiger partial charge in [-0.25, -0.2) is 9.69 Å². The maximum atomic E-state index is 13.1. The SMILES string of the molecule is CNC(=O)N(C(=O)c1ccoc1)c1ccccc1CC(=O)NC1C(=O)N2C(C(=O)[O-])=C(CSc3nnc(C)s3)CS[C@H]12.[Na+]. The molecule has 5 rings (SSSR count). The Hall–Kier alpha value is -3.15. The van der Waals surface area contributed by atoms with Gasteiger partial charge in [-0.2, -0.15) is 0 Å². The average Bonchev–Trinajstić information content (AvgIpc) is 3.67. The molecule has 1 aromatic carbocycles. The van der Waals surface area contributed by atoms with Gasteiger partial charge < -0.3 is 25.0 Å². The molecule has 2 aliphatic heterocycles. The van der Waals surface area contributed by atoms with E-state index < -0.39 is 41.1 Å². The molecule has 2 aromatic heterocycles. The maximum Gasteiger partial charge on any atom is 1.00 e. The summed E-state index contributed by atoms with van der Waals surface area (Å²) in [6.07, 6.45) is 2.26. The zero-order valence-electron chi connectivity index (χ0n) is 23.2. The number of carbonyl (C=O) groups excluding carboxylic acids is 5. The molecule has 1 saturated heterocycles. The summed E-state index contributed by atoms with van der Waals surface area (Å²) in [5.41, 5.74) is 1.02. The number of carboxylic acid groups (broad SMARTS) is 1. The summed E-state index contributed by atoms with van der Waals surface area (Å²) in [5, 5.41) is 25.3. The minimum absolute atomic E-state index is 0. The van der Waals surface area contributed by atoms with E-state index in [-0.39, 0.29) is 52.9 Å². The van der Waals surface area contributed by atoms with E-state index in [0.717, 1.165) is 14.8 Å². The van der Waals surface area contributed by atoms with Crippen molar-refractivity contribution in [1.82, 2.24) is 25.7 Å². The Balaban J connectivity index is 0.00000423. The Labute approximate surface area is 280 Å². The van der Waals surface area contributed by atoms with Crippen molar-refractivity contribution in [3.8, 4) is 0 Å². The zero-order chi connectivity index (χ0) is 30.0. The largest absolute Gasteiger partial charge is 1.00 e. The summed E-state index contributed by atoms with van der Waals surface area (Å²) >= 11 is 4.06. The van der Waals surface area contributed by atoms with E-state index in [2.05, 4.69) is 20.8 Å². The molecule has 0 saturated carbocycles. The number of hydrogen-bond donors (Lipinski definition) is 2. The Morgan fingerprint density at radius 1 is 1.21 bits per heavy atom. The summed E-state index contributed by atoms with van der Waals surface area (Å²) in [7, 11) is 1.37. The number of nitrogens with zero attached hydrogens (tertiary/aromatic N) is 4. The number of anilines is 1. The van der Waals surface area contributed by atoms with Gasteiger partial charge in [-0.05, 0) is 30.2 Å². The van der Waals surface area contributed by atoms with Crippen LogP contribution in [0.25, 0.3) is 0 Å². The van der Waals surface area contributed by atoms with Crippen LogP contribution in [0.3, 0.4) is 0 Å². The van der Waals surface area contributed by atoms with E-state index in [9.17, 15) is 29.1 Å². The van der Waals surface area contributed by atoms with Crippen molar-refractivity contribution in [2.45, 2.75) is 29.1 Å². The number of aromatic nitrogens is 2. The second-order valence-electron chi connectivity index (χ2n) is 9.08. The number of thioether (sulfide) groups is 2. The predicted octanol–water partition coefficient (Wildman–Crippen LogP) is -1.83. The standard InChI is InChI=1S/C26H24N6O7S3.Na/c1-13-29-30-26(42-13)41-12-16-11-40-23-19(22(35)32(23)20(16)24(36)37)28-18(33)9-14-5-3-4-6-17(14)31(25(38)27-2)21(34)15-7-8-39-10-15;/h3-8,10,19,23H,9,11-12H2,1-2H3,(H,27,38)(H,28,33)(H,36,37);/q;+1/p-1/t19?,23-;/m1./s1. The summed E-state index contributed by atoms with van der Waals surface area (Å²) < 4.78 is 5.66. The summed E-state index contributed by atoms with van der Waals surface area (Å²) in [5.74, 6) is -2.60. The zero-order valence-corrected chi connectivity index (χ0v) is 27.6. The molecule has 1 unspecified atom stereocenters. The fourth-order valence-electron chi connectivity index (χ4n) is 4.48. The van der Waals surface area contributed by atoms with E-state index in [1.807, 2.05) is 6.92 Å². The van der Waals surface area contributed by atoms with E-state index in [4.69, 9.17) is 4.42 Å². The fraction of sp³-hybridized carbons (Fsp3) is 0.269. The molecule has 43 heavy (non-hydrogen) atoms. The van der Waals surface area contributed by atoms with Crippen molar-refractivity contribution in [2.24, 2.45) is 0 Å². The quantitative estimate of drug-likeness (QED) is 0.151. The smallest absolute Gasteiger partial charge is 0.543 e. The molecular formula is C26H23N6NaO7S3. The minimum Gasteiger partial charge on any atom is -0.543 e. The van der Waals surface area contributed by atoms with Gasteiger partial charge in [-0.3, -0.25) is 19.3 Å². The van der Waals surface area contributed by atoms with Gasteiger partial charge in [0.05, 0.1) is 35.6 Å². The van der Waals surface area contributed by atoms with Crippen LogP contribution in [0.4, 0.5) is 10.5 Å². The van der Waals surface area contributed by atoms with Crippen LogP contribution in [0.1, 0.15) is 20.9 Å². The van der Waals surface area contributed by atoms with Crippen LogP contribution in [-0.4, -0.2) is 74.8 Å². The normalized spacial score (nSPS) is 17.3. The molecule has 0 radical (unpaired) electrons. The molecule has 17 heteroatoms. The maximum absolute atomic E-state index is 13.1. The first-order chi connectivity index (χ1) is 20.2. The van der Waals surface area contributed by atoms with Crippen molar-refractivity contribution in [3.05, 3.63) is 70.3 Å². The third kappa shape index (κ3) is 6.84. The van der Waals surface area contributed by atoms with E-state index in [0.29, 0.717) is 27.0 Å². The number of para-hydroxylation sites is 1. The number of furan rings is 1. The topological polar surface area (TPSA) is 178 Å². The molecule has 3 aromatic rings. The summed E-state index contributed by atoms with van der Waals surface area (Å²) in [6.45, 7) is 1.82. The number of fused-ring (bicyclic) bond motifs is 1. The molecule has 2 atom stereocenters. The van der Waals surface area contributed by atoms with Crippen LogP contribution in [0.2, 0.25) is 0 Å². The molecule has 2 aliphatic rings. The van der Waals surface area contributed by atoms with Crippen LogP contribution in [0.5, 0.6) is 0 Å². The van der Waals surface area contributed by atoms with Gasteiger partial charge in [0.1, 0.15) is 22.7 Å². The van der Waals surface area contributed by atoms with Gasteiger partial charge in [-0.15, -0.1) is 22.0 Å². The van der Waals surface area contributed by atoms with Crippen LogP contribution in [0.15, 0.2) is 62.9 Å². The molecule has 0 aliphatic carbocycles. The number of nitrogens with one attached hydrogen (secondary N) is 2. The fourth-order valence-corrected chi connectivity index (χ4v) is 7.78. The van der Waals surface area contributed by atoms with Crippen LogP contribution >= 0.6 is 34.9 Å². The number of amides is 5. The number of carbonyl (C=O) groups is 5. The Bertz CT molecular complexity index is 1590. The first-order valence-corrected chi connectivity index (χ1v) is 15.3. The molecule has 4 heterocycles. The second-order valence-corrected chi connectivity index (χ2v) is 12.6. The Kier molecular flexibility index (Phi) is 10.7. The summed E-state index contributed by atoms with van der Waals surface area (Å²) in [6, 6.07) is 6.15. The van der Waals surface area contributed by atoms with Gasteiger partial charge in [-0.1, -0.05) is 41.3 Å². The second kappa shape index (κ2) is 14.1. The van der Waals surface area contributed by atoms with E-state index in [1.54, 1.807) is 18.2 Å². The van der Waals surface area contributed by atoms with Crippen molar-refractivity contribution in [1.29, 1.82) is 0 Å². The minimum atomic E-state index is -1.46. The van der Waals surface area contributed by atoms with Crippen molar-refractivity contribution >= 4 is 70.3 Å². The molecule has 2 N–H and O–H groups in total. The van der Waals surface area contributed by atoms with Crippen LogP contribution in [-0.2, 0) is 20.8 Å². The third-order valence-electron chi connectivity index (χ3n) is 6.41. The van der Waals surface area contributed by atoms with Crippen molar-refractivity contribution in [3.63, 3.8) is 0 Å². The first-order valence-electron chi connectivity index (χ1n) is 12.5. The number of urea groups is 1. The van der Waals surface area contributed by atoms with E-state index in [1.165, 1.54) is 66.6 Å². The first kappa shape index (κ1) is 32.8. The molecule has 13 nitrogen and oxygen atoms in total. The van der Waals surface area contributed by atoms with Gasteiger partial charge in [0, 0.05) is 18.6 Å². The average molecular weight is 651 g/mol. The van der Waals surface area contributed by atoms with E-state index >= 15 is 0 Å². The van der Waals surface area contributed by atoms with Crippen molar-refractivity contribution < 1.29 is 63.1 Å². The number of hydrogen-bond acceptors (Lipinski definition) is 12. The summed E-state index contributed by atoms with van der Waals surface area (Å²) in [4.78, 5) is 66.1. The number of benzene rings is 1. The van der Waals surface area contributed by atoms with Gasteiger partial charge >= 0.3 is 35.6 Å². The molecule has 1 fully saturated rings. The van der Waals surface area contributed by atoms with Gasteiger partial charge in [0.15, 0.2) is 4.34 Å². The molecular weight excluding hydrogens is 628 g/mol. The number of rotatable bonds is 9. The molecule has 0 spiro atoms. The predicted molar refractivity (Wildman–Crippen MR) is 153 cm³/mol. The van der Waals surface area contributed by atoms with Gasteiger partial charge in [0.2, 0.25) is 5.91 Å². The van der Waals surface area contributed by atoms with Gasteiger partial charge in [0.25, 0.3) is 11.8 Å².